The fraction of sp³-hybridized carbons (Fsp3) is 0.647. The molecule has 0 unspecified atom stereocenters. The van der Waals surface area contributed by atoms with Crippen molar-refractivity contribution >= 4 is 12.9 Å². The van der Waals surface area contributed by atoms with E-state index in [1.165, 1.54) is 5.30 Å². The minimum atomic E-state index is -1.56. The maximum atomic E-state index is 5.61. The van der Waals surface area contributed by atoms with Gasteiger partial charge in [0.05, 0.1) is 65.9 Å². The summed E-state index contributed by atoms with van der Waals surface area (Å²) in [6.07, 6.45) is 1.15. The topological polar surface area (TPSA) is 34.2 Å². The first-order chi connectivity index (χ1) is 11.3. The SMILES string of the molecule is CC[P+](c1ccc(OC)cc1)(N1CCOCC1)N1CCOCC1. The number of ether oxygens (including phenoxy) is 3. The molecule has 0 atom stereocenters. The molecule has 6 heteroatoms. The van der Waals surface area contributed by atoms with Crippen LogP contribution in [0.1, 0.15) is 6.92 Å². The molecular weight excluding hydrogens is 311 g/mol. The third-order valence-corrected chi connectivity index (χ3v) is 9.52. The van der Waals surface area contributed by atoms with E-state index in [2.05, 4.69) is 40.5 Å². The van der Waals surface area contributed by atoms with E-state index in [9.17, 15) is 0 Å². The van der Waals surface area contributed by atoms with Gasteiger partial charge in [0, 0.05) is 0 Å². The summed E-state index contributed by atoms with van der Waals surface area (Å²) in [6.45, 7) is 9.75. The summed E-state index contributed by atoms with van der Waals surface area (Å²) < 4.78 is 22.0. The third kappa shape index (κ3) is 3.40. The van der Waals surface area contributed by atoms with E-state index in [0.29, 0.717) is 0 Å². The van der Waals surface area contributed by atoms with E-state index in [1.807, 2.05) is 0 Å². The predicted molar refractivity (Wildman–Crippen MR) is 94.9 cm³/mol. The summed E-state index contributed by atoms with van der Waals surface area (Å²) in [4.78, 5) is 0. The zero-order valence-electron chi connectivity index (χ0n) is 14.2. The van der Waals surface area contributed by atoms with Crippen LogP contribution in [0.4, 0.5) is 0 Å². The lowest BCUT2D eigenvalue weighted by Crippen LogP contribution is -2.50. The largest absolute Gasteiger partial charge is 0.497 e. The highest BCUT2D eigenvalue weighted by atomic mass is 31.2. The van der Waals surface area contributed by atoms with Crippen molar-refractivity contribution in [2.75, 3.05) is 65.9 Å². The number of methoxy groups -OCH3 is 1. The second-order valence-corrected chi connectivity index (χ2v) is 9.62. The second kappa shape index (κ2) is 7.91. The Bertz CT molecular complexity index is 467. The van der Waals surface area contributed by atoms with Crippen molar-refractivity contribution in [2.24, 2.45) is 0 Å². The first-order valence-electron chi connectivity index (χ1n) is 8.50. The second-order valence-electron chi connectivity index (χ2n) is 5.88. The van der Waals surface area contributed by atoms with Crippen LogP contribution >= 0.6 is 7.56 Å². The molecule has 0 radical (unpaired) electrons. The highest BCUT2D eigenvalue weighted by molar-refractivity contribution is 7.78. The van der Waals surface area contributed by atoms with Crippen LogP contribution in [0.3, 0.4) is 0 Å². The Morgan fingerprint density at radius 1 is 0.913 bits per heavy atom. The number of rotatable bonds is 5. The third-order valence-electron chi connectivity index (χ3n) is 4.84. The summed E-state index contributed by atoms with van der Waals surface area (Å²) in [6, 6.07) is 8.73. The minimum Gasteiger partial charge on any atom is -0.497 e. The number of hydrogen-bond acceptors (Lipinski definition) is 5. The fourth-order valence-corrected chi connectivity index (χ4v) is 8.13. The number of benzene rings is 1. The Kier molecular flexibility index (Phi) is 5.89. The molecule has 0 spiro atoms. The van der Waals surface area contributed by atoms with Crippen LogP contribution in [-0.2, 0) is 9.47 Å². The highest BCUT2D eigenvalue weighted by Gasteiger charge is 2.52. The molecule has 2 heterocycles. The van der Waals surface area contributed by atoms with Gasteiger partial charge in [-0.3, -0.25) is 0 Å². The molecule has 1 aromatic carbocycles. The van der Waals surface area contributed by atoms with Crippen molar-refractivity contribution in [3.8, 4) is 5.75 Å². The lowest BCUT2D eigenvalue weighted by molar-refractivity contribution is 0.0565. The molecule has 2 saturated heterocycles. The van der Waals surface area contributed by atoms with Gasteiger partial charge in [0.15, 0.2) is 7.56 Å². The van der Waals surface area contributed by atoms with E-state index in [1.54, 1.807) is 7.11 Å². The fourth-order valence-electron chi connectivity index (χ4n) is 3.68. The van der Waals surface area contributed by atoms with Gasteiger partial charge in [-0.05, 0) is 31.2 Å². The molecule has 0 bridgehead atoms. The Morgan fingerprint density at radius 3 is 1.78 bits per heavy atom. The van der Waals surface area contributed by atoms with Crippen molar-refractivity contribution < 1.29 is 14.2 Å². The molecule has 1 aromatic rings. The van der Waals surface area contributed by atoms with Gasteiger partial charge in [-0.15, -0.1) is 0 Å². The Labute approximate surface area is 139 Å². The summed E-state index contributed by atoms with van der Waals surface area (Å²) >= 11 is 0. The molecule has 2 aliphatic rings. The van der Waals surface area contributed by atoms with Crippen LogP contribution in [0.25, 0.3) is 0 Å². The van der Waals surface area contributed by atoms with Gasteiger partial charge in [0.25, 0.3) is 0 Å². The zero-order valence-corrected chi connectivity index (χ0v) is 15.1. The van der Waals surface area contributed by atoms with Crippen LogP contribution in [0, 0.1) is 0 Å². The normalized spacial score (nSPS) is 21.3. The average molecular weight is 339 g/mol. The van der Waals surface area contributed by atoms with Crippen molar-refractivity contribution in [1.29, 1.82) is 0 Å². The molecule has 0 saturated carbocycles. The molecule has 23 heavy (non-hydrogen) atoms. The zero-order chi connectivity index (χ0) is 16.1. The van der Waals surface area contributed by atoms with E-state index in [4.69, 9.17) is 14.2 Å². The van der Waals surface area contributed by atoms with Crippen LogP contribution < -0.4 is 10.0 Å². The summed E-state index contributed by atoms with van der Waals surface area (Å²) in [7, 11) is 0.164. The average Bonchev–Trinajstić information content (AvgIpc) is 2.65. The maximum Gasteiger partial charge on any atom is 0.185 e. The maximum absolute atomic E-state index is 5.61. The van der Waals surface area contributed by atoms with Gasteiger partial charge in [0.2, 0.25) is 0 Å². The van der Waals surface area contributed by atoms with Crippen LogP contribution in [0.2, 0.25) is 0 Å². The van der Waals surface area contributed by atoms with Crippen LogP contribution in [0.5, 0.6) is 5.75 Å². The van der Waals surface area contributed by atoms with E-state index < -0.39 is 7.56 Å². The van der Waals surface area contributed by atoms with Gasteiger partial charge in [-0.25, -0.2) is 0 Å². The molecule has 3 rings (SSSR count). The molecule has 0 aliphatic carbocycles. The van der Waals surface area contributed by atoms with Crippen molar-refractivity contribution in [1.82, 2.24) is 9.34 Å². The van der Waals surface area contributed by atoms with Crippen molar-refractivity contribution in [3.63, 3.8) is 0 Å². The molecule has 0 N–H and O–H groups in total. The molecule has 128 valence electrons. The summed E-state index contributed by atoms with van der Waals surface area (Å²) in [5.74, 6) is 0.923. The van der Waals surface area contributed by atoms with Gasteiger partial charge in [-0.2, -0.15) is 9.34 Å². The highest BCUT2D eigenvalue weighted by Crippen LogP contribution is 2.63. The number of nitrogens with zero attached hydrogens (tertiary/aromatic N) is 2. The molecule has 2 fully saturated rings. The number of morpholine rings is 2. The lowest BCUT2D eigenvalue weighted by Gasteiger charge is -2.45. The standard InChI is InChI=1S/C17H28N2O3P/c1-3-23(18-8-12-21-13-9-18,19-10-14-22-15-11-19)17-6-4-16(20-2)5-7-17/h4-7H,3,8-15H2,1-2H3/q+1. The Morgan fingerprint density at radius 2 is 1.39 bits per heavy atom. The van der Waals surface area contributed by atoms with Gasteiger partial charge in [0.1, 0.15) is 11.1 Å². The van der Waals surface area contributed by atoms with Crippen LogP contribution in [-0.4, -0.2) is 75.2 Å². The quantitative estimate of drug-likeness (QED) is 0.765. The van der Waals surface area contributed by atoms with Crippen molar-refractivity contribution in [2.45, 2.75) is 6.92 Å². The molecule has 0 aromatic heterocycles. The molecule has 2 aliphatic heterocycles. The minimum absolute atomic E-state index is 0.836. The predicted octanol–water partition coefficient (Wildman–Crippen LogP) is 1.85. The van der Waals surface area contributed by atoms with E-state index >= 15 is 0 Å². The Balaban J connectivity index is 1.98. The lowest BCUT2D eigenvalue weighted by atomic mass is 10.3. The van der Waals surface area contributed by atoms with E-state index in [0.717, 1.165) is 64.5 Å². The monoisotopic (exact) mass is 339 g/mol. The first kappa shape index (κ1) is 17.1. The first-order valence-corrected chi connectivity index (χ1v) is 10.4. The van der Waals surface area contributed by atoms with Gasteiger partial charge < -0.3 is 14.2 Å². The molecule has 0 amide bonds. The van der Waals surface area contributed by atoms with Gasteiger partial charge >= 0.3 is 0 Å². The number of hydrogen-bond donors (Lipinski definition) is 0. The van der Waals surface area contributed by atoms with E-state index in [-0.39, 0.29) is 0 Å². The van der Waals surface area contributed by atoms with Crippen LogP contribution in [0.15, 0.2) is 24.3 Å². The van der Waals surface area contributed by atoms with Crippen molar-refractivity contribution in [3.05, 3.63) is 24.3 Å². The summed E-state index contributed by atoms with van der Waals surface area (Å²) in [5, 5.41) is 1.45. The summed E-state index contributed by atoms with van der Waals surface area (Å²) in [5.41, 5.74) is 0. The molecular formula is C17H28N2O3P+. The smallest absolute Gasteiger partial charge is 0.185 e. The Hall–Kier alpha value is -0.710. The van der Waals surface area contributed by atoms with Gasteiger partial charge in [-0.1, -0.05) is 0 Å². The molecule has 5 nitrogen and oxygen atoms in total.